The maximum atomic E-state index is 5.45. The summed E-state index contributed by atoms with van der Waals surface area (Å²) in [5.41, 5.74) is 4.38. The number of aryl methyl sites for hydroxylation is 2. The van der Waals surface area contributed by atoms with Crippen LogP contribution in [0.3, 0.4) is 0 Å². The van der Waals surface area contributed by atoms with Gasteiger partial charge in [0, 0.05) is 29.0 Å². The van der Waals surface area contributed by atoms with Crippen LogP contribution >= 0.6 is 0 Å². The van der Waals surface area contributed by atoms with Crippen molar-refractivity contribution in [1.82, 2.24) is 29.9 Å². The topological polar surface area (TPSA) is 104 Å². The van der Waals surface area contributed by atoms with E-state index in [0.29, 0.717) is 29.6 Å². The molecule has 9 nitrogen and oxygen atoms in total. The fraction of sp³-hybridized carbons (Fsp3) is 0.174. The molecule has 0 aliphatic carbocycles. The van der Waals surface area contributed by atoms with Crippen molar-refractivity contribution in [3.05, 3.63) is 72.0 Å². The largest absolute Gasteiger partial charge is 0.491 e. The monoisotopic (exact) mass is 427 g/mol. The maximum Gasteiger partial charge on any atom is 0.183 e. The predicted molar refractivity (Wildman–Crippen MR) is 120 cm³/mol. The van der Waals surface area contributed by atoms with Crippen LogP contribution in [0.15, 0.2) is 59.5 Å². The quantitative estimate of drug-likeness (QED) is 0.428. The van der Waals surface area contributed by atoms with Crippen molar-refractivity contribution in [1.29, 1.82) is 0 Å². The number of benzene rings is 1. The summed E-state index contributed by atoms with van der Waals surface area (Å²) in [7, 11) is 1.59. The van der Waals surface area contributed by atoms with E-state index >= 15 is 0 Å². The lowest BCUT2D eigenvalue weighted by atomic mass is 10.2. The van der Waals surface area contributed by atoms with Gasteiger partial charge in [-0.1, -0.05) is 23.4 Å². The molecule has 0 bridgehead atoms. The van der Waals surface area contributed by atoms with E-state index in [4.69, 9.17) is 19.3 Å². The molecule has 0 aliphatic rings. The van der Waals surface area contributed by atoms with Gasteiger partial charge in [0.05, 0.1) is 31.1 Å². The van der Waals surface area contributed by atoms with Crippen molar-refractivity contribution >= 4 is 22.4 Å². The number of methoxy groups -OCH3 is 1. The van der Waals surface area contributed by atoms with Gasteiger partial charge in [-0.2, -0.15) is 5.10 Å². The molecule has 4 aromatic heterocycles. The van der Waals surface area contributed by atoms with E-state index in [9.17, 15) is 0 Å². The van der Waals surface area contributed by atoms with Gasteiger partial charge < -0.3 is 14.6 Å². The molecule has 160 valence electrons. The standard InChI is InChI=1S/C23H21N7O2/c1-14-18(15(2)32-29-14)13-30-19-7-5-4-6-17(19)21(28-30)23-25-12-20(31-3)22(27-23)26-16-8-10-24-11-9-16/h4-12H,13H2,1-3H3,(H,24,25,26,27). The third-order valence-electron chi connectivity index (χ3n) is 5.28. The van der Waals surface area contributed by atoms with Crippen molar-refractivity contribution in [2.45, 2.75) is 20.4 Å². The molecular formula is C23H21N7O2. The van der Waals surface area contributed by atoms with Gasteiger partial charge in [-0.15, -0.1) is 0 Å². The van der Waals surface area contributed by atoms with Crippen molar-refractivity contribution < 1.29 is 9.26 Å². The molecule has 32 heavy (non-hydrogen) atoms. The second kappa shape index (κ2) is 8.10. The van der Waals surface area contributed by atoms with Crippen molar-refractivity contribution in [2.24, 2.45) is 0 Å². The SMILES string of the molecule is COc1cnc(-c2nn(Cc3c(C)noc3C)c3ccccc23)nc1Nc1ccncc1. The Morgan fingerprint density at radius 3 is 2.66 bits per heavy atom. The molecule has 5 rings (SSSR count). The van der Waals surface area contributed by atoms with Crippen LogP contribution in [-0.2, 0) is 6.54 Å². The molecule has 0 saturated heterocycles. The minimum atomic E-state index is 0.496. The number of ether oxygens (including phenoxy) is 1. The van der Waals surface area contributed by atoms with E-state index < -0.39 is 0 Å². The highest BCUT2D eigenvalue weighted by Crippen LogP contribution is 2.31. The fourth-order valence-corrected chi connectivity index (χ4v) is 3.59. The minimum Gasteiger partial charge on any atom is -0.491 e. The Morgan fingerprint density at radius 2 is 1.91 bits per heavy atom. The molecule has 4 heterocycles. The number of rotatable bonds is 6. The van der Waals surface area contributed by atoms with Crippen LogP contribution in [0.2, 0.25) is 0 Å². The number of fused-ring (bicyclic) bond motifs is 1. The summed E-state index contributed by atoms with van der Waals surface area (Å²) in [6.07, 6.45) is 5.06. The smallest absolute Gasteiger partial charge is 0.183 e. The van der Waals surface area contributed by atoms with E-state index in [1.165, 1.54) is 0 Å². The Morgan fingerprint density at radius 1 is 1.09 bits per heavy atom. The van der Waals surface area contributed by atoms with Crippen molar-refractivity contribution in [3.8, 4) is 17.3 Å². The molecule has 0 atom stereocenters. The van der Waals surface area contributed by atoms with Crippen LogP contribution < -0.4 is 10.1 Å². The summed E-state index contributed by atoms with van der Waals surface area (Å²) in [6.45, 7) is 4.38. The summed E-state index contributed by atoms with van der Waals surface area (Å²) in [5, 5.41) is 13.2. The zero-order chi connectivity index (χ0) is 22.1. The summed E-state index contributed by atoms with van der Waals surface area (Å²) >= 11 is 0. The van der Waals surface area contributed by atoms with Crippen LogP contribution in [0.25, 0.3) is 22.4 Å². The van der Waals surface area contributed by atoms with Gasteiger partial charge in [0.15, 0.2) is 17.4 Å². The van der Waals surface area contributed by atoms with Gasteiger partial charge in [-0.25, -0.2) is 9.97 Å². The van der Waals surface area contributed by atoms with Gasteiger partial charge >= 0.3 is 0 Å². The zero-order valence-corrected chi connectivity index (χ0v) is 17.9. The molecular weight excluding hydrogens is 406 g/mol. The molecule has 5 aromatic rings. The second-order valence-corrected chi connectivity index (χ2v) is 7.30. The van der Waals surface area contributed by atoms with E-state index in [-0.39, 0.29) is 0 Å². The van der Waals surface area contributed by atoms with Crippen LogP contribution in [-0.4, -0.2) is 37.0 Å². The Bertz CT molecular complexity index is 1370. The molecule has 0 amide bonds. The molecule has 0 saturated carbocycles. The van der Waals surface area contributed by atoms with Gasteiger partial charge in [-0.05, 0) is 32.0 Å². The Hall–Kier alpha value is -4.27. The highest BCUT2D eigenvalue weighted by Gasteiger charge is 2.19. The Balaban J connectivity index is 1.60. The van der Waals surface area contributed by atoms with Crippen molar-refractivity contribution in [3.63, 3.8) is 0 Å². The van der Waals surface area contributed by atoms with Crippen LogP contribution in [0, 0.1) is 13.8 Å². The van der Waals surface area contributed by atoms with Gasteiger partial charge in [0.2, 0.25) is 0 Å². The number of nitrogens with zero attached hydrogens (tertiary/aromatic N) is 6. The van der Waals surface area contributed by atoms with Crippen LogP contribution in [0.1, 0.15) is 17.0 Å². The predicted octanol–water partition coefficient (Wildman–Crippen LogP) is 4.29. The number of nitrogens with one attached hydrogen (secondary N) is 1. The molecule has 0 radical (unpaired) electrons. The summed E-state index contributed by atoms with van der Waals surface area (Å²) < 4.78 is 12.7. The van der Waals surface area contributed by atoms with E-state index in [1.54, 1.807) is 25.7 Å². The van der Waals surface area contributed by atoms with Crippen LogP contribution in [0.5, 0.6) is 5.75 Å². The fourth-order valence-electron chi connectivity index (χ4n) is 3.59. The number of aromatic nitrogens is 6. The second-order valence-electron chi connectivity index (χ2n) is 7.30. The molecule has 1 N–H and O–H groups in total. The van der Waals surface area contributed by atoms with Gasteiger partial charge in [0.1, 0.15) is 11.5 Å². The first-order valence-corrected chi connectivity index (χ1v) is 10.1. The summed E-state index contributed by atoms with van der Waals surface area (Å²) in [6, 6.07) is 11.7. The average Bonchev–Trinajstić information content (AvgIpc) is 3.35. The number of para-hydroxylation sites is 1. The average molecular weight is 427 g/mol. The molecule has 1 aromatic carbocycles. The lowest BCUT2D eigenvalue weighted by molar-refractivity contribution is 0.392. The third kappa shape index (κ3) is 3.53. The maximum absolute atomic E-state index is 5.45. The molecule has 0 aliphatic heterocycles. The van der Waals surface area contributed by atoms with Crippen molar-refractivity contribution in [2.75, 3.05) is 12.4 Å². The van der Waals surface area contributed by atoms with Gasteiger partial charge in [-0.3, -0.25) is 9.67 Å². The van der Waals surface area contributed by atoms with Crippen LogP contribution in [0.4, 0.5) is 11.5 Å². The normalized spacial score (nSPS) is 11.1. The number of pyridine rings is 1. The zero-order valence-electron chi connectivity index (χ0n) is 17.9. The van der Waals surface area contributed by atoms with Gasteiger partial charge in [0.25, 0.3) is 0 Å². The Labute approximate surface area is 184 Å². The Kier molecular flexibility index (Phi) is 4.98. The summed E-state index contributed by atoms with van der Waals surface area (Å²) in [4.78, 5) is 13.3. The molecule has 0 spiro atoms. The minimum absolute atomic E-state index is 0.496. The summed E-state index contributed by atoms with van der Waals surface area (Å²) in [5.74, 6) is 2.36. The number of anilines is 2. The number of hydrogen-bond donors (Lipinski definition) is 1. The molecule has 0 unspecified atom stereocenters. The first kappa shape index (κ1) is 19.7. The lowest BCUT2D eigenvalue weighted by Crippen LogP contribution is -2.04. The van der Waals surface area contributed by atoms with E-state index in [0.717, 1.165) is 33.6 Å². The highest BCUT2D eigenvalue weighted by atomic mass is 16.5. The highest BCUT2D eigenvalue weighted by molar-refractivity contribution is 5.92. The van der Waals surface area contributed by atoms with E-state index in [2.05, 4.69) is 20.4 Å². The third-order valence-corrected chi connectivity index (χ3v) is 5.28. The lowest BCUT2D eigenvalue weighted by Gasteiger charge is -2.10. The first-order valence-electron chi connectivity index (χ1n) is 10.1. The molecule has 9 heteroatoms. The van der Waals surface area contributed by atoms with E-state index in [1.807, 2.05) is 54.9 Å². The first-order chi connectivity index (χ1) is 15.6. The molecule has 0 fully saturated rings. The number of hydrogen-bond acceptors (Lipinski definition) is 8.